The highest BCUT2D eigenvalue weighted by atomic mass is 32.2. The molecule has 0 unspecified atom stereocenters. The van der Waals surface area contributed by atoms with Gasteiger partial charge in [-0.1, -0.05) is 24.3 Å². The molecule has 0 bridgehead atoms. The van der Waals surface area contributed by atoms with Gasteiger partial charge in [-0.05, 0) is 24.3 Å². The Bertz CT molecular complexity index is 780. The van der Waals surface area contributed by atoms with E-state index in [1.165, 1.54) is 12.1 Å². The zero-order valence-corrected chi connectivity index (χ0v) is 11.2. The summed E-state index contributed by atoms with van der Waals surface area (Å²) in [6, 6.07) is 12.9. The molecule has 0 aliphatic carbocycles. The summed E-state index contributed by atoms with van der Waals surface area (Å²) in [7, 11) is -3.56. The number of hydrogen-bond acceptors (Lipinski definition) is 3. The minimum Gasteiger partial charge on any atom is -0.489 e. The van der Waals surface area contributed by atoms with Crippen LogP contribution in [0.1, 0.15) is 5.56 Å². The fourth-order valence-corrected chi connectivity index (χ4v) is 3.58. The summed E-state index contributed by atoms with van der Waals surface area (Å²) in [5, 5.41) is 1.14. The Morgan fingerprint density at radius 3 is 2.55 bits per heavy atom. The summed E-state index contributed by atoms with van der Waals surface area (Å²) in [6.07, 6.45) is 0. The first-order valence-corrected chi connectivity index (χ1v) is 7.54. The molecule has 20 heavy (non-hydrogen) atoms. The molecule has 0 N–H and O–H groups in total. The molecule has 2 aromatic carbocycles. The van der Waals surface area contributed by atoms with Crippen molar-refractivity contribution in [2.75, 3.05) is 6.61 Å². The van der Waals surface area contributed by atoms with E-state index in [1.54, 1.807) is 12.1 Å². The van der Waals surface area contributed by atoms with Gasteiger partial charge in [0.05, 0.1) is 4.90 Å². The third kappa shape index (κ3) is 2.32. The first-order valence-electron chi connectivity index (χ1n) is 6.00. The molecule has 1 aliphatic heterocycles. The normalized spacial score (nSPS) is 15.6. The van der Waals surface area contributed by atoms with Crippen LogP contribution < -0.4 is 4.74 Å². The van der Waals surface area contributed by atoms with E-state index >= 15 is 0 Å². The maximum absolute atomic E-state index is 13.2. The van der Waals surface area contributed by atoms with Gasteiger partial charge in [-0.3, -0.25) is 0 Å². The van der Waals surface area contributed by atoms with Gasteiger partial charge in [-0.2, -0.15) is 0 Å². The first-order chi connectivity index (χ1) is 9.56. The molecule has 102 valence electrons. The predicted octanol–water partition coefficient (Wildman–Crippen LogP) is 3.03. The minimum atomic E-state index is -3.56. The van der Waals surface area contributed by atoms with E-state index in [-0.39, 0.29) is 11.5 Å². The van der Waals surface area contributed by atoms with E-state index in [1.807, 2.05) is 18.2 Å². The largest absolute Gasteiger partial charge is 0.489 e. The summed E-state index contributed by atoms with van der Waals surface area (Å²) < 4.78 is 42.6. The first kappa shape index (κ1) is 12.9. The highest BCUT2D eigenvalue weighted by Crippen LogP contribution is 2.34. The Labute approximate surface area is 116 Å². The van der Waals surface area contributed by atoms with E-state index in [9.17, 15) is 12.8 Å². The second-order valence-corrected chi connectivity index (χ2v) is 6.20. The van der Waals surface area contributed by atoms with Gasteiger partial charge in [0.2, 0.25) is 9.84 Å². The van der Waals surface area contributed by atoms with Gasteiger partial charge >= 0.3 is 0 Å². The molecule has 0 radical (unpaired) electrons. The van der Waals surface area contributed by atoms with Gasteiger partial charge < -0.3 is 4.74 Å². The van der Waals surface area contributed by atoms with Crippen LogP contribution in [0, 0.1) is 5.82 Å². The van der Waals surface area contributed by atoms with Gasteiger partial charge in [0.1, 0.15) is 18.2 Å². The molecule has 1 aliphatic rings. The van der Waals surface area contributed by atoms with Gasteiger partial charge in [0, 0.05) is 16.5 Å². The van der Waals surface area contributed by atoms with Crippen molar-refractivity contribution in [1.82, 2.24) is 0 Å². The zero-order chi connectivity index (χ0) is 14.2. The number of benzene rings is 2. The van der Waals surface area contributed by atoms with E-state index in [4.69, 9.17) is 4.74 Å². The highest BCUT2D eigenvalue weighted by Gasteiger charge is 2.27. The Kier molecular flexibility index (Phi) is 3.06. The topological polar surface area (TPSA) is 43.4 Å². The smallest absolute Gasteiger partial charge is 0.200 e. The maximum Gasteiger partial charge on any atom is 0.200 e. The fraction of sp³-hybridized carbons (Fsp3) is 0.0667. The maximum atomic E-state index is 13.2. The summed E-state index contributed by atoms with van der Waals surface area (Å²) in [6.45, 7) is 0.127. The summed E-state index contributed by atoms with van der Waals surface area (Å²) >= 11 is 0. The van der Waals surface area contributed by atoms with Crippen LogP contribution in [0.4, 0.5) is 4.39 Å². The van der Waals surface area contributed by atoms with Crippen molar-refractivity contribution in [1.29, 1.82) is 0 Å². The van der Waals surface area contributed by atoms with Gasteiger partial charge in [-0.25, -0.2) is 12.8 Å². The molecule has 0 saturated heterocycles. The molecule has 0 spiro atoms. The monoisotopic (exact) mass is 290 g/mol. The molecule has 3 rings (SSSR count). The third-order valence-corrected chi connectivity index (χ3v) is 4.58. The number of rotatable bonds is 3. The predicted molar refractivity (Wildman–Crippen MR) is 73.5 cm³/mol. The lowest BCUT2D eigenvalue weighted by Crippen LogP contribution is -1.99. The SMILES string of the molecule is O=S1(=O)C=C(COc2ccccc2)c2ccc(F)cc21. The van der Waals surface area contributed by atoms with Crippen molar-refractivity contribution in [3.05, 3.63) is 65.3 Å². The van der Waals surface area contributed by atoms with E-state index < -0.39 is 15.7 Å². The molecule has 0 fully saturated rings. The van der Waals surface area contributed by atoms with Crippen molar-refractivity contribution in [3.8, 4) is 5.75 Å². The van der Waals surface area contributed by atoms with Crippen LogP contribution >= 0.6 is 0 Å². The average Bonchev–Trinajstić information content (AvgIpc) is 2.69. The van der Waals surface area contributed by atoms with E-state index in [2.05, 4.69) is 0 Å². The summed E-state index contributed by atoms with van der Waals surface area (Å²) in [5.74, 6) is 0.0901. The summed E-state index contributed by atoms with van der Waals surface area (Å²) in [4.78, 5) is 0.00385. The molecule has 2 aromatic rings. The quantitative estimate of drug-likeness (QED) is 0.872. The van der Waals surface area contributed by atoms with Crippen molar-refractivity contribution in [2.24, 2.45) is 0 Å². The van der Waals surface area contributed by atoms with Crippen LogP contribution in [-0.2, 0) is 9.84 Å². The summed E-state index contributed by atoms with van der Waals surface area (Å²) in [5.41, 5.74) is 1.03. The fourth-order valence-electron chi connectivity index (χ4n) is 2.10. The van der Waals surface area contributed by atoms with Crippen LogP contribution in [0.15, 0.2) is 58.8 Å². The Balaban J connectivity index is 1.89. The number of sulfone groups is 1. The van der Waals surface area contributed by atoms with Gasteiger partial charge in [-0.15, -0.1) is 0 Å². The van der Waals surface area contributed by atoms with E-state index in [0.29, 0.717) is 16.9 Å². The van der Waals surface area contributed by atoms with Crippen molar-refractivity contribution >= 4 is 15.4 Å². The number of hydrogen-bond donors (Lipinski definition) is 0. The van der Waals surface area contributed by atoms with Crippen LogP contribution in [0.3, 0.4) is 0 Å². The number of ether oxygens (including phenoxy) is 1. The van der Waals surface area contributed by atoms with Crippen LogP contribution in [-0.4, -0.2) is 15.0 Å². The number of halogens is 1. The van der Waals surface area contributed by atoms with Crippen LogP contribution in [0.2, 0.25) is 0 Å². The minimum absolute atomic E-state index is 0.00385. The third-order valence-electron chi connectivity index (χ3n) is 3.03. The molecule has 0 amide bonds. The Hall–Kier alpha value is -2.14. The molecule has 3 nitrogen and oxygen atoms in total. The molecule has 5 heteroatoms. The molecule has 0 atom stereocenters. The molecule has 1 heterocycles. The van der Waals surface area contributed by atoms with Gasteiger partial charge in [0.15, 0.2) is 0 Å². The number of para-hydroxylation sites is 1. The standard InChI is InChI=1S/C15H11FO3S/c16-12-6-7-14-11(10-20(17,18)15(14)8-12)9-19-13-4-2-1-3-5-13/h1-8,10H,9H2. The lowest BCUT2D eigenvalue weighted by atomic mass is 10.1. The van der Waals surface area contributed by atoms with Gasteiger partial charge in [0.25, 0.3) is 0 Å². The van der Waals surface area contributed by atoms with Crippen LogP contribution in [0.25, 0.3) is 5.57 Å². The lowest BCUT2D eigenvalue weighted by Gasteiger charge is -2.07. The lowest BCUT2D eigenvalue weighted by molar-refractivity contribution is 0.370. The zero-order valence-electron chi connectivity index (χ0n) is 10.4. The van der Waals surface area contributed by atoms with Crippen molar-refractivity contribution < 1.29 is 17.5 Å². The van der Waals surface area contributed by atoms with Crippen molar-refractivity contribution in [3.63, 3.8) is 0 Å². The Morgan fingerprint density at radius 2 is 1.80 bits per heavy atom. The second-order valence-electron chi connectivity index (χ2n) is 4.43. The molecule has 0 saturated carbocycles. The second kappa shape index (κ2) is 4.76. The Morgan fingerprint density at radius 1 is 1.05 bits per heavy atom. The molecular formula is C15H11FO3S. The highest BCUT2D eigenvalue weighted by molar-refractivity contribution is 7.95. The molecular weight excluding hydrogens is 279 g/mol. The molecule has 0 aromatic heterocycles. The average molecular weight is 290 g/mol. The number of fused-ring (bicyclic) bond motifs is 1. The van der Waals surface area contributed by atoms with Crippen molar-refractivity contribution in [2.45, 2.75) is 4.90 Å². The van der Waals surface area contributed by atoms with E-state index in [0.717, 1.165) is 11.5 Å². The van der Waals surface area contributed by atoms with Crippen LogP contribution in [0.5, 0.6) is 5.75 Å².